The highest BCUT2D eigenvalue weighted by molar-refractivity contribution is 5.70. The second kappa shape index (κ2) is 58.7. The summed E-state index contributed by atoms with van der Waals surface area (Å²) in [5, 5.41) is 0. The maximum atomic E-state index is 12.9. The monoisotopic (exact) mass is 949 g/mol. The molecule has 5 heteroatoms. The van der Waals surface area contributed by atoms with E-state index < -0.39 is 6.10 Å². The van der Waals surface area contributed by atoms with Gasteiger partial charge in [0.05, 0.1) is 6.61 Å². The molecule has 0 spiro atoms. The van der Waals surface area contributed by atoms with Gasteiger partial charge in [0.15, 0.2) is 6.10 Å². The third kappa shape index (κ3) is 55.9. The summed E-state index contributed by atoms with van der Waals surface area (Å²) in [6.45, 7) is 7.70. The van der Waals surface area contributed by atoms with Gasteiger partial charge in [0.25, 0.3) is 0 Å². The van der Waals surface area contributed by atoms with E-state index in [1.807, 2.05) is 0 Å². The summed E-state index contributed by atoms with van der Waals surface area (Å²) >= 11 is 0. The predicted octanol–water partition coefficient (Wildman–Crippen LogP) is 20.2. The normalized spacial score (nSPS) is 12.7. The lowest BCUT2D eigenvalue weighted by molar-refractivity contribution is -0.163. The lowest BCUT2D eigenvalue weighted by Gasteiger charge is -2.18. The van der Waals surface area contributed by atoms with Gasteiger partial charge in [-0.15, -0.1) is 0 Å². The molecule has 68 heavy (non-hydrogen) atoms. The minimum atomic E-state index is -0.549. The molecule has 0 aromatic carbocycles. The molecule has 0 aliphatic rings. The second-order valence-electron chi connectivity index (χ2n) is 19.5. The quantitative estimate of drug-likeness (QED) is 0.0345. The number of hydrogen-bond acceptors (Lipinski definition) is 5. The van der Waals surface area contributed by atoms with Crippen LogP contribution in [0, 0.1) is 0 Å². The topological polar surface area (TPSA) is 61.8 Å². The molecular weight excluding hydrogens is 837 g/mol. The molecule has 5 nitrogen and oxygen atoms in total. The molecule has 0 aromatic heterocycles. The van der Waals surface area contributed by atoms with Crippen LogP contribution in [0.15, 0.2) is 72.9 Å². The molecule has 0 aliphatic heterocycles. The fraction of sp³-hybridized carbons (Fsp3) is 0.778. The minimum Gasteiger partial charge on any atom is -0.462 e. The van der Waals surface area contributed by atoms with E-state index in [1.165, 1.54) is 167 Å². The van der Waals surface area contributed by atoms with Crippen LogP contribution in [0.5, 0.6) is 0 Å². The SMILES string of the molecule is CC/C=C\C/C=C\C/C=C\C/C=C\CCCCCCC(=O)OCC(COCCCCCCCCCCCC/C=C\C/C=C\CCCCC)OC(=O)CCCCCCCCCCCCCCCCC. The van der Waals surface area contributed by atoms with Crippen LogP contribution in [0.1, 0.15) is 290 Å². The standard InChI is InChI=1S/C63H112O5/c1-4-7-10-13-16-19-22-25-28-30-31-32-34-37-40-43-46-49-52-55-58-66-59-61(68-63(65)57-54-51-48-45-42-39-35-27-24-21-18-15-12-9-6-3)60-67-62(64)56-53-50-47-44-41-38-36-33-29-26-23-20-17-14-11-8-5-2/h8,11,16-17,19-20,25-26,28-29,36,38,61H,4-7,9-10,12-15,18,21-24,27,30-35,37,39-60H2,1-3H3/b11-8-,19-16-,20-17-,28-25-,29-26-,38-36-. The fourth-order valence-electron chi connectivity index (χ4n) is 8.36. The molecule has 1 atom stereocenters. The summed E-state index contributed by atoms with van der Waals surface area (Å²) in [5.74, 6) is -0.414. The zero-order valence-electron chi connectivity index (χ0n) is 45.4. The highest BCUT2D eigenvalue weighted by Gasteiger charge is 2.17. The van der Waals surface area contributed by atoms with E-state index in [0.717, 1.165) is 89.9 Å². The van der Waals surface area contributed by atoms with Gasteiger partial charge >= 0.3 is 11.9 Å². The van der Waals surface area contributed by atoms with Crippen LogP contribution in [0.2, 0.25) is 0 Å². The van der Waals surface area contributed by atoms with Crippen LogP contribution >= 0.6 is 0 Å². The smallest absolute Gasteiger partial charge is 0.306 e. The van der Waals surface area contributed by atoms with Gasteiger partial charge in [-0.1, -0.05) is 261 Å². The summed E-state index contributed by atoms with van der Waals surface area (Å²) in [7, 11) is 0. The number of esters is 2. The van der Waals surface area contributed by atoms with Crippen molar-refractivity contribution >= 4 is 11.9 Å². The number of carbonyl (C=O) groups excluding carboxylic acids is 2. The zero-order valence-corrected chi connectivity index (χ0v) is 45.4. The van der Waals surface area contributed by atoms with E-state index >= 15 is 0 Å². The lowest BCUT2D eigenvalue weighted by Crippen LogP contribution is -2.30. The summed E-state index contributed by atoms with van der Waals surface area (Å²) in [5.41, 5.74) is 0. The number of carbonyl (C=O) groups is 2. The molecule has 0 N–H and O–H groups in total. The molecule has 0 aliphatic carbocycles. The van der Waals surface area contributed by atoms with Crippen molar-refractivity contribution in [2.24, 2.45) is 0 Å². The van der Waals surface area contributed by atoms with Gasteiger partial charge in [-0.25, -0.2) is 0 Å². The van der Waals surface area contributed by atoms with Crippen LogP contribution < -0.4 is 0 Å². The van der Waals surface area contributed by atoms with Gasteiger partial charge in [0.1, 0.15) is 6.61 Å². The number of hydrogen-bond donors (Lipinski definition) is 0. The number of unbranched alkanes of at least 4 members (excludes halogenated alkanes) is 31. The van der Waals surface area contributed by atoms with Crippen LogP contribution in [0.25, 0.3) is 0 Å². The van der Waals surface area contributed by atoms with Gasteiger partial charge in [-0.05, 0) is 89.9 Å². The van der Waals surface area contributed by atoms with E-state index in [2.05, 4.69) is 93.7 Å². The van der Waals surface area contributed by atoms with E-state index in [1.54, 1.807) is 0 Å². The van der Waals surface area contributed by atoms with Crippen LogP contribution in [0.4, 0.5) is 0 Å². The Bertz CT molecular complexity index is 1210. The third-order valence-corrected chi connectivity index (χ3v) is 12.7. The lowest BCUT2D eigenvalue weighted by atomic mass is 10.0. The first-order chi connectivity index (χ1) is 33.6. The summed E-state index contributed by atoms with van der Waals surface area (Å²) in [4.78, 5) is 25.5. The molecule has 0 fully saturated rings. The molecule has 394 valence electrons. The third-order valence-electron chi connectivity index (χ3n) is 12.7. The molecule has 0 bridgehead atoms. The van der Waals surface area contributed by atoms with Crippen molar-refractivity contribution in [3.8, 4) is 0 Å². The van der Waals surface area contributed by atoms with Crippen molar-refractivity contribution in [2.45, 2.75) is 297 Å². The van der Waals surface area contributed by atoms with Crippen molar-refractivity contribution < 1.29 is 23.8 Å². The average Bonchev–Trinajstić information content (AvgIpc) is 3.34. The van der Waals surface area contributed by atoms with E-state index in [9.17, 15) is 9.59 Å². The molecular formula is C63H112O5. The summed E-state index contributed by atoms with van der Waals surface area (Å²) < 4.78 is 17.5. The average molecular weight is 950 g/mol. The Hall–Kier alpha value is -2.66. The number of ether oxygens (including phenoxy) is 3. The van der Waals surface area contributed by atoms with Gasteiger partial charge in [0, 0.05) is 19.4 Å². The largest absolute Gasteiger partial charge is 0.462 e. The summed E-state index contributed by atoms with van der Waals surface area (Å²) in [6, 6.07) is 0. The van der Waals surface area contributed by atoms with Crippen molar-refractivity contribution in [1.82, 2.24) is 0 Å². The Kier molecular flexibility index (Phi) is 56.4. The molecule has 0 radical (unpaired) electrons. The second-order valence-corrected chi connectivity index (χ2v) is 19.5. The van der Waals surface area contributed by atoms with E-state index in [-0.39, 0.29) is 25.2 Å². The highest BCUT2D eigenvalue weighted by Crippen LogP contribution is 2.16. The number of rotatable bonds is 54. The molecule has 0 heterocycles. The van der Waals surface area contributed by atoms with Gasteiger partial charge < -0.3 is 14.2 Å². The molecule has 0 rings (SSSR count). The predicted molar refractivity (Wildman–Crippen MR) is 297 cm³/mol. The maximum Gasteiger partial charge on any atom is 0.306 e. The highest BCUT2D eigenvalue weighted by atomic mass is 16.6. The zero-order chi connectivity index (χ0) is 49.2. The minimum absolute atomic E-state index is 0.0722. The molecule has 0 saturated heterocycles. The Morgan fingerprint density at radius 2 is 0.662 bits per heavy atom. The summed E-state index contributed by atoms with van der Waals surface area (Å²) in [6.07, 6.45) is 76.4. The van der Waals surface area contributed by atoms with Crippen molar-refractivity contribution in [2.75, 3.05) is 19.8 Å². The number of allylic oxidation sites excluding steroid dienone is 12. The first-order valence-electron chi connectivity index (χ1n) is 29.5. The molecule has 1 unspecified atom stereocenters. The fourth-order valence-corrected chi connectivity index (χ4v) is 8.36. The van der Waals surface area contributed by atoms with Gasteiger partial charge in [0.2, 0.25) is 0 Å². The maximum absolute atomic E-state index is 12.9. The van der Waals surface area contributed by atoms with Gasteiger partial charge in [-0.2, -0.15) is 0 Å². The first-order valence-corrected chi connectivity index (χ1v) is 29.5. The van der Waals surface area contributed by atoms with Crippen LogP contribution in [0.3, 0.4) is 0 Å². The van der Waals surface area contributed by atoms with Crippen LogP contribution in [-0.4, -0.2) is 37.9 Å². The Morgan fingerprint density at radius 1 is 0.338 bits per heavy atom. The van der Waals surface area contributed by atoms with Gasteiger partial charge in [-0.3, -0.25) is 9.59 Å². The molecule has 0 aromatic rings. The first kappa shape index (κ1) is 65.3. The van der Waals surface area contributed by atoms with E-state index in [0.29, 0.717) is 19.4 Å². The Labute approximate surface area is 423 Å². The van der Waals surface area contributed by atoms with Crippen molar-refractivity contribution in [3.63, 3.8) is 0 Å². The van der Waals surface area contributed by atoms with E-state index in [4.69, 9.17) is 14.2 Å². The Morgan fingerprint density at radius 3 is 1.09 bits per heavy atom. The van der Waals surface area contributed by atoms with Crippen LogP contribution in [-0.2, 0) is 23.8 Å². The molecule has 0 saturated carbocycles. The Balaban J connectivity index is 4.29. The van der Waals surface area contributed by atoms with Crippen molar-refractivity contribution in [1.29, 1.82) is 0 Å². The van der Waals surface area contributed by atoms with Crippen molar-refractivity contribution in [3.05, 3.63) is 72.9 Å². The molecule has 0 amide bonds.